The van der Waals surface area contributed by atoms with Gasteiger partial charge in [0.25, 0.3) is 5.91 Å². The first kappa shape index (κ1) is 22.2. The van der Waals surface area contributed by atoms with E-state index >= 15 is 0 Å². The molecule has 2 aromatic heterocycles. The van der Waals surface area contributed by atoms with Gasteiger partial charge in [0, 0.05) is 37.5 Å². The third kappa shape index (κ3) is 4.07. The molecule has 1 saturated heterocycles. The minimum absolute atomic E-state index is 0.0481. The van der Waals surface area contributed by atoms with Gasteiger partial charge in [-0.3, -0.25) is 4.79 Å². The van der Waals surface area contributed by atoms with Crippen LogP contribution in [0.4, 0.5) is 4.39 Å². The third-order valence-electron chi connectivity index (χ3n) is 5.61. The predicted octanol–water partition coefficient (Wildman–Crippen LogP) is 3.68. The summed E-state index contributed by atoms with van der Waals surface area (Å²) in [6, 6.07) is 2.78. The number of halogens is 1. The summed E-state index contributed by atoms with van der Waals surface area (Å²) in [4.78, 5) is 30.8. The van der Waals surface area contributed by atoms with Gasteiger partial charge in [0.2, 0.25) is 0 Å². The van der Waals surface area contributed by atoms with Gasteiger partial charge in [0.1, 0.15) is 23.7 Å². The van der Waals surface area contributed by atoms with Gasteiger partial charge >= 0.3 is 5.97 Å². The number of rotatable bonds is 6. The Kier molecular flexibility index (Phi) is 6.16. The zero-order chi connectivity index (χ0) is 22.9. The minimum Gasteiger partial charge on any atom is -0.488 e. The molecule has 3 aromatic rings. The van der Waals surface area contributed by atoms with Gasteiger partial charge in [-0.05, 0) is 19.9 Å². The lowest BCUT2D eigenvalue weighted by molar-refractivity contribution is -0.152. The second kappa shape index (κ2) is 8.87. The van der Waals surface area contributed by atoms with E-state index in [9.17, 15) is 14.0 Å². The minimum atomic E-state index is -1.21. The number of carbonyl (C=O) groups excluding carboxylic acids is 2. The van der Waals surface area contributed by atoms with Crippen LogP contribution in [0.5, 0.6) is 5.75 Å². The summed E-state index contributed by atoms with van der Waals surface area (Å²) in [6.45, 7) is 4.29. The molecule has 1 N–H and O–H groups in total. The van der Waals surface area contributed by atoms with Crippen LogP contribution < -0.4 is 10.1 Å². The van der Waals surface area contributed by atoms with Crippen LogP contribution in [0.25, 0.3) is 11.0 Å². The van der Waals surface area contributed by atoms with Gasteiger partial charge in [0.05, 0.1) is 28.8 Å². The van der Waals surface area contributed by atoms with E-state index in [0.29, 0.717) is 13.2 Å². The van der Waals surface area contributed by atoms with Crippen LogP contribution in [0.2, 0.25) is 0 Å². The Labute approximate surface area is 187 Å². The van der Waals surface area contributed by atoms with E-state index in [1.165, 1.54) is 24.5 Å². The first-order valence-electron chi connectivity index (χ1n) is 10.1. The van der Waals surface area contributed by atoms with E-state index in [1.54, 1.807) is 18.5 Å². The summed E-state index contributed by atoms with van der Waals surface area (Å²) in [6.07, 6.45) is 0.550. The number of nitrogens with zero attached hydrogens (tertiary/aromatic N) is 1. The maximum Gasteiger partial charge on any atom is 0.331 e. The van der Waals surface area contributed by atoms with Crippen LogP contribution in [0, 0.1) is 19.7 Å². The molecular formula is C22H23FN2O6S. The number of hydrogen-bond donors (Lipinski definition) is 1. The van der Waals surface area contributed by atoms with Crippen molar-refractivity contribution < 1.29 is 32.6 Å². The number of thiazole rings is 1. The van der Waals surface area contributed by atoms with Crippen LogP contribution in [-0.2, 0) is 20.9 Å². The fourth-order valence-electron chi connectivity index (χ4n) is 3.81. The highest BCUT2D eigenvalue weighted by Crippen LogP contribution is 2.33. The number of hydrogen-bond acceptors (Lipinski definition) is 8. The van der Waals surface area contributed by atoms with Gasteiger partial charge < -0.3 is 23.9 Å². The van der Waals surface area contributed by atoms with Crippen molar-refractivity contribution >= 4 is 34.2 Å². The lowest BCUT2D eigenvalue weighted by atomic mass is 9.89. The quantitative estimate of drug-likeness (QED) is 0.558. The molecule has 32 heavy (non-hydrogen) atoms. The molecule has 1 amide bonds. The number of ether oxygens (including phenoxy) is 3. The average Bonchev–Trinajstić information content (AvgIpc) is 3.34. The van der Waals surface area contributed by atoms with Crippen LogP contribution >= 0.6 is 11.3 Å². The van der Waals surface area contributed by atoms with Crippen molar-refractivity contribution in [3.63, 3.8) is 0 Å². The van der Waals surface area contributed by atoms with Gasteiger partial charge in [-0.2, -0.15) is 0 Å². The third-order valence-corrected chi connectivity index (χ3v) is 6.52. The molecule has 0 atom stereocenters. The number of methoxy groups -OCH3 is 1. The molecule has 0 saturated carbocycles. The van der Waals surface area contributed by atoms with Crippen molar-refractivity contribution in [3.8, 4) is 5.75 Å². The molecule has 0 bridgehead atoms. The number of esters is 1. The molecule has 1 aliphatic rings. The Hall–Kier alpha value is -2.98. The number of amides is 1. The Bertz CT molecular complexity index is 1160. The largest absolute Gasteiger partial charge is 0.488 e. The molecule has 8 nitrogen and oxygen atoms in total. The summed E-state index contributed by atoms with van der Waals surface area (Å²) in [5, 5.41) is 3.06. The van der Waals surface area contributed by atoms with Crippen LogP contribution in [0.1, 0.15) is 39.5 Å². The molecular weight excluding hydrogens is 439 g/mol. The van der Waals surface area contributed by atoms with E-state index in [-0.39, 0.29) is 47.5 Å². The highest BCUT2D eigenvalue weighted by atomic mass is 32.1. The average molecular weight is 462 g/mol. The fourth-order valence-corrected chi connectivity index (χ4v) is 4.49. The van der Waals surface area contributed by atoms with E-state index in [4.69, 9.17) is 18.6 Å². The summed E-state index contributed by atoms with van der Waals surface area (Å²) >= 11 is 1.45. The molecule has 0 radical (unpaired) electrons. The number of fused-ring (bicyclic) bond motifs is 1. The van der Waals surface area contributed by atoms with Crippen molar-refractivity contribution in [2.45, 2.75) is 38.8 Å². The highest BCUT2D eigenvalue weighted by Gasteiger charge is 2.43. The Morgan fingerprint density at radius 3 is 2.69 bits per heavy atom. The normalized spacial score (nSPS) is 15.5. The molecule has 1 fully saturated rings. The number of nitrogens with one attached hydrogen (secondary N) is 1. The lowest BCUT2D eigenvalue weighted by Gasteiger charge is -2.35. The maximum atomic E-state index is 14.8. The SMILES string of the molecule is COC(=O)C1(NC(=O)c2c(C)oc3c(F)cc(OCc4scnc4C)cc23)CCOCC1. The second-order valence-corrected chi connectivity index (χ2v) is 8.54. The monoisotopic (exact) mass is 462 g/mol. The number of carbonyl (C=O) groups is 2. The highest BCUT2D eigenvalue weighted by molar-refractivity contribution is 7.09. The molecule has 0 aliphatic carbocycles. The smallest absolute Gasteiger partial charge is 0.331 e. The Morgan fingerprint density at radius 2 is 2.03 bits per heavy atom. The van der Waals surface area contributed by atoms with Gasteiger partial charge in [0.15, 0.2) is 11.4 Å². The van der Waals surface area contributed by atoms with E-state index in [0.717, 1.165) is 10.6 Å². The zero-order valence-corrected chi connectivity index (χ0v) is 18.8. The molecule has 1 aliphatic heterocycles. The lowest BCUT2D eigenvalue weighted by Crippen LogP contribution is -2.58. The van der Waals surface area contributed by atoms with Gasteiger partial charge in [-0.25, -0.2) is 14.2 Å². The number of aryl methyl sites for hydroxylation is 2. The van der Waals surface area contributed by atoms with E-state index in [1.807, 2.05) is 6.92 Å². The molecule has 10 heteroatoms. The van der Waals surface area contributed by atoms with Crippen molar-refractivity contribution in [1.82, 2.24) is 10.3 Å². The van der Waals surface area contributed by atoms with Gasteiger partial charge in [-0.1, -0.05) is 0 Å². The second-order valence-electron chi connectivity index (χ2n) is 7.60. The zero-order valence-electron chi connectivity index (χ0n) is 18.0. The number of aromatic nitrogens is 1. The number of benzene rings is 1. The first-order chi connectivity index (χ1) is 15.3. The molecule has 1 aromatic carbocycles. The summed E-state index contributed by atoms with van der Waals surface area (Å²) in [5.74, 6) is -1.25. The van der Waals surface area contributed by atoms with Gasteiger partial charge in [-0.15, -0.1) is 11.3 Å². The van der Waals surface area contributed by atoms with Crippen LogP contribution in [-0.4, -0.2) is 42.7 Å². The van der Waals surface area contributed by atoms with E-state index < -0.39 is 23.2 Å². The topological polar surface area (TPSA) is 99.9 Å². The van der Waals surface area contributed by atoms with Crippen molar-refractivity contribution in [2.24, 2.45) is 0 Å². The van der Waals surface area contributed by atoms with Crippen molar-refractivity contribution in [1.29, 1.82) is 0 Å². The summed E-state index contributed by atoms with van der Waals surface area (Å²) in [7, 11) is 1.27. The Balaban J connectivity index is 1.66. The fraction of sp³-hybridized carbons (Fsp3) is 0.409. The van der Waals surface area contributed by atoms with Crippen LogP contribution in [0.3, 0.4) is 0 Å². The summed E-state index contributed by atoms with van der Waals surface area (Å²) in [5.41, 5.74) is 1.45. The standard InChI is InChI=1S/C22H23FN2O6S/c1-12-17(32-11-24-12)10-30-14-8-15-18(13(2)31-19(15)16(23)9-14)20(26)25-22(21(27)28-3)4-6-29-7-5-22/h8-9,11H,4-7,10H2,1-3H3,(H,25,26). The maximum absolute atomic E-state index is 14.8. The predicted molar refractivity (Wildman–Crippen MR) is 114 cm³/mol. The molecule has 0 spiro atoms. The number of furan rings is 1. The summed E-state index contributed by atoms with van der Waals surface area (Å²) < 4.78 is 36.3. The van der Waals surface area contributed by atoms with Crippen molar-refractivity contribution in [3.05, 3.63) is 45.4 Å². The molecule has 170 valence electrons. The molecule has 0 unspecified atom stereocenters. The molecule has 3 heterocycles. The van der Waals surface area contributed by atoms with E-state index in [2.05, 4.69) is 10.3 Å². The first-order valence-corrected chi connectivity index (χ1v) is 11.0. The molecule has 4 rings (SSSR count). The van der Waals surface area contributed by atoms with Crippen LogP contribution in [0.15, 0.2) is 22.1 Å². The Morgan fingerprint density at radius 1 is 1.28 bits per heavy atom. The van der Waals surface area contributed by atoms with Crippen molar-refractivity contribution in [2.75, 3.05) is 20.3 Å².